The molecule has 6 heteroatoms. The van der Waals surface area contributed by atoms with Gasteiger partial charge in [0.25, 0.3) is 0 Å². The Morgan fingerprint density at radius 3 is 2.63 bits per heavy atom. The Labute approximate surface area is 184 Å². The third-order valence-electron chi connectivity index (χ3n) is 4.98. The lowest BCUT2D eigenvalue weighted by Gasteiger charge is -2.34. The third kappa shape index (κ3) is 7.96. The molecule has 0 aliphatic carbocycles. The highest BCUT2D eigenvalue weighted by Gasteiger charge is 2.26. The molecule has 4 nitrogen and oxygen atoms in total. The Morgan fingerprint density at radius 1 is 1.23 bits per heavy atom. The first kappa shape index (κ1) is 24.2. The normalized spacial score (nSPS) is 15.9. The minimum Gasteiger partial charge on any atom is -0.445 e. The van der Waals surface area contributed by atoms with Gasteiger partial charge in [0, 0.05) is 25.5 Å². The predicted octanol–water partition coefficient (Wildman–Crippen LogP) is 5.83. The molecule has 1 aliphatic rings. The summed E-state index contributed by atoms with van der Waals surface area (Å²) < 4.78 is 18.7. The van der Waals surface area contributed by atoms with Crippen molar-refractivity contribution >= 4 is 17.7 Å². The number of alkyl halides is 1. The zero-order valence-corrected chi connectivity index (χ0v) is 18.6. The fraction of sp³-hybridized carbons (Fsp3) is 0.458. The van der Waals surface area contributed by atoms with Crippen molar-refractivity contribution in [1.29, 1.82) is 0 Å². The lowest BCUT2D eigenvalue weighted by Crippen LogP contribution is -2.48. The molecule has 1 amide bonds. The van der Waals surface area contributed by atoms with Gasteiger partial charge in [0.05, 0.1) is 6.04 Å². The van der Waals surface area contributed by atoms with Gasteiger partial charge in [-0.25, -0.2) is 9.18 Å². The Bertz CT molecular complexity index is 769. The van der Waals surface area contributed by atoms with Crippen LogP contribution in [0.3, 0.4) is 0 Å². The molecule has 1 saturated heterocycles. The Hall–Kier alpha value is -2.11. The van der Waals surface area contributed by atoms with Crippen LogP contribution < -0.4 is 5.32 Å². The summed E-state index contributed by atoms with van der Waals surface area (Å²) in [5, 5.41) is 3.38. The van der Waals surface area contributed by atoms with Crippen LogP contribution in [0, 0.1) is 12.7 Å². The Balaban J connectivity index is 0.000000469. The monoisotopic (exact) mass is 434 g/mol. The van der Waals surface area contributed by atoms with Gasteiger partial charge in [-0.15, -0.1) is 11.6 Å². The van der Waals surface area contributed by atoms with Crippen LogP contribution >= 0.6 is 11.6 Å². The van der Waals surface area contributed by atoms with Crippen LogP contribution in [0.25, 0.3) is 0 Å². The van der Waals surface area contributed by atoms with Crippen LogP contribution in [0.4, 0.5) is 9.18 Å². The molecule has 1 aliphatic heterocycles. The second-order valence-corrected chi connectivity index (χ2v) is 7.77. The van der Waals surface area contributed by atoms with Crippen molar-refractivity contribution in [2.75, 3.05) is 25.5 Å². The Kier molecular flexibility index (Phi) is 10.7. The standard InChI is InChI=1S/C19H21FN2O2.C5H11Cl/c1-14-11-16(20)7-8-17(14)18-12-22(10-9-21-18)19(23)24-13-15-5-3-2-4-6-15;1-2-3-4-5-6/h2-8,11,18,21H,9-10,12-13H2,1H3;2-5H2,1H3. The van der Waals surface area contributed by atoms with Gasteiger partial charge in [-0.2, -0.15) is 0 Å². The highest BCUT2D eigenvalue weighted by atomic mass is 35.5. The van der Waals surface area contributed by atoms with Crippen LogP contribution in [0.2, 0.25) is 0 Å². The van der Waals surface area contributed by atoms with Gasteiger partial charge in [-0.3, -0.25) is 0 Å². The minimum absolute atomic E-state index is 0.0105. The van der Waals surface area contributed by atoms with Crippen LogP contribution in [0.1, 0.15) is 48.9 Å². The summed E-state index contributed by atoms with van der Waals surface area (Å²) in [7, 11) is 0. The van der Waals surface area contributed by atoms with Gasteiger partial charge < -0.3 is 15.0 Å². The van der Waals surface area contributed by atoms with Gasteiger partial charge in [0.2, 0.25) is 0 Å². The summed E-state index contributed by atoms with van der Waals surface area (Å²) in [6.45, 7) is 6.12. The van der Waals surface area contributed by atoms with E-state index < -0.39 is 0 Å². The summed E-state index contributed by atoms with van der Waals surface area (Å²) in [4.78, 5) is 14.0. The maximum Gasteiger partial charge on any atom is 0.410 e. The molecule has 1 fully saturated rings. The first-order valence-corrected chi connectivity index (χ1v) is 11.1. The van der Waals surface area contributed by atoms with E-state index in [0.29, 0.717) is 19.6 Å². The van der Waals surface area contributed by atoms with Crippen molar-refractivity contribution in [3.05, 3.63) is 71.0 Å². The average molecular weight is 435 g/mol. The van der Waals surface area contributed by atoms with Crippen molar-refractivity contribution in [1.82, 2.24) is 10.2 Å². The van der Waals surface area contributed by atoms with Gasteiger partial charge >= 0.3 is 6.09 Å². The molecule has 0 spiro atoms. The van der Waals surface area contributed by atoms with Crippen molar-refractivity contribution in [3.8, 4) is 0 Å². The SMILES string of the molecule is CCCCCCl.Cc1cc(F)ccc1C1CN(C(=O)OCc2ccccc2)CCN1. The van der Waals surface area contributed by atoms with Crippen LogP contribution in [-0.2, 0) is 11.3 Å². The number of rotatable bonds is 6. The van der Waals surface area contributed by atoms with E-state index in [2.05, 4.69) is 12.2 Å². The summed E-state index contributed by atoms with van der Waals surface area (Å²) in [6.07, 6.45) is 3.42. The van der Waals surface area contributed by atoms with Crippen molar-refractivity contribution < 1.29 is 13.9 Å². The highest BCUT2D eigenvalue weighted by molar-refractivity contribution is 6.17. The molecule has 0 radical (unpaired) electrons. The molecule has 164 valence electrons. The molecule has 0 bridgehead atoms. The number of carbonyl (C=O) groups excluding carboxylic acids is 1. The average Bonchev–Trinajstić information content (AvgIpc) is 2.77. The number of ether oxygens (including phenoxy) is 1. The first-order chi connectivity index (χ1) is 14.5. The fourth-order valence-electron chi connectivity index (χ4n) is 3.31. The molecule has 2 aromatic rings. The number of carbonyl (C=O) groups is 1. The maximum atomic E-state index is 13.3. The topological polar surface area (TPSA) is 41.6 Å². The molecule has 1 unspecified atom stereocenters. The molecule has 0 saturated carbocycles. The van der Waals surface area contributed by atoms with E-state index in [4.69, 9.17) is 16.3 Å². The summed E-state index contributed by atoms with van der Waals surface area (Å²) in [5.41, 5.74) is 2.86. The number of nitrogens with zero attached hydrogens (tertiary/aromatic N) is 1. The lowest BCUT2D eigenvalue weighted by molar-refractivity contribution is 0.0849. The van der Waals surface area contributed by atoms with Crippen molar-refractivity contribution in [3.63, 3.8) is 0 Å². The summed E-state index contributed by atoms with van der Waals surface area (Å²) >= 11 is 5.38. The molecule has 30 heavy (non-hydrogen) atoms. The minimum atomic E-state index is -0.315. The van der Waals surface area contributed by atoms with E-state index in [9.17, 15) is 9.18 Å². The molecule has 0 aromatic heterocycles. The zero-order chi connectivity index (χ0) is 21.8. The van der Waals surface area contributed by atoms with Crippen molar-refractivity contribution in [2.24, 2.45) is 0 Å². The van der Waals surface area contributed by atoms with Crippen LogP contribution in [-0.4, -0.2) is 36.5 Å². The second-order valence-electron chi connectivity index (χ2n) is 7.39. The number of benzene rings is 2. The number of hydrogen-bond donors (Lipinski definition) is 1. The number of nitrogens with one attached hydrogen (secondary N) is 1. The number of hydrogen-bond acceptors (Lipinski definition) is 3. The molecule has 3 rings (SSSR count). The van der Waals surface area contributed by atoms with E-state index in [1.54, 1.807) is 11.0 Å². The predicted molar refractivity (Wildman–Crippen MR) is 120 cm³/mol. The van der Waals surface area contributed by atoms with E-state index in [1.807, 2.05) is 37.3 Å². The van der Waals surface area contributed by atoms with Gasteiger partial charge in [0.1, 0.15) is 12.4 Å². The fourth-order valence-corrected chi connectivity index (χ4v) is 3.50. The molecular formula is C24H32ClFN2O2. The summed E-state index contributed by atoms with van der Waals surface area (Å²) in [6, 6.07) is 14.4. The van der Waals surface area contributed by atoms with Crippen molar-refractivity contribution in [2.45, 2.75) is 45.8 Å². The van der Waals surface area contributed by atoms with Gasteiger partial charge in [-0.1, -0.05) is 56.2 Å². The molecule has 1 N–H and O–H groups in total. The molecule has 1 heterocycles. The largest absolute Gasteiger partial charge is 0.445 e. The molecule has 1 atom stereocenters. The van der Waals surface area contributed by atoms with E-state index in [-0.39, 0.29) is 24.6 Å². The first-order valence-electron chi connectivity index (χ1n) is 10.6. The van der Waals surface area contributed by atoms with Gasteiger partial charge in [0.15, 0.2) is 0 Å². The number of halogens is 2. The zero-order valence-electron chi connectivity index (χ0n) is 17.9. The lowest BCUT2D eigenvalue weighted by atomic mass is 9.99. The van der Waals surface area contributed by atoms with E-state index in [1.165, 1.54) is 31.4 Å². The highest BCUT2D eigenvalue weighted by Crippen LogP contribution is 2.22. The maximum absolute atomic E-state index is 13.3. The second kappa shape index (κ2) is 13.2. The van der Waals surface area contributed by atoms with Crippen LogP contribution in [0.5, 0.6) is 0 Å². The Morgan fingerprint density at radius 2 is 2.00 bits per heavy atom. The number of piperazine rings is 1. The molecule has 2 aromatic carbocycles. The molecular weight excluding hydrogens is 403 g/mol. The number of amides is 1. The van der Waals surface area contributed by atoms with Gasteiger partial charge in [-0.05, 0) is 42.2 Å². The smallest absolute Gasteiger partial charge is 0.410 e. The number of aryl methyl sites for hydroxylation is 1. The van der Waals surface area contributed by atoms with Crippen LogP contribution in [0.15, 0.2) is 48.5 Å². The van der Waals surface area contributed by atoms with E-state index in [0.717, 1.165) is 22.6 Å². The number of unbranched alkanes of at least 4 members (excludes halogenated alkanes) is 2. The van der Waals surface area contributed by atoms with E-state index >= 15 is 0 Å². The quantitative estimate of drug-likeness (QED) is 0.459. The third-order valence-corrected chi connectivity index (χ3v) is 5.25. The summed E-state index contributed by atoms with van der Waals surface area (Å²) in [5.74, 6) is 0.583.